The van der Waals surface area contributed by atoms with Gasteiger partial charge in [-0.1, -0.05) is 0 Å². The number of aliphatic hydroxyl groups is 2. The smallest absolute Gasteiger partial charge is 0.0448 e. The predicted octanol–water partition coefficient (Wildman–Crippen LogP) is -0.329. The molecule has 27 heavy (non-hydrogen) atoms. The van der Waals surface area contributed by atoms with Crippen molar-refractivity contribution in [3.05, 3.63) is 0 Å². The number of hydrogen-bond donors (Lipinski definition) is 2. The summed E-state index contributed by atoms with van der Waals surface area (Å²) in [5.74, 6) is 39.6. The van der Waals surface area contributed by atoms with Crippen LogP contribution in [-0.2, 0) is 0 Å². The Labute approximate surface area is 161 Å². The first-order valence-corrected chi connectivity index (χ1v) is 7.78. The maximum absolute atomic E-state index is 8.84. The summed E-state index contributed by atoms with van der Waals surface area (Å²) in [6.45, 7) is 1.42. The third-order valence-electron chi connectivity index (χ3n) is 2.33. The molecule has 128 valence electrons. The minimum absolute atomic E-state index is 0.0935. The van der Waals surface area contributed by atoms with Crippen LogP contribution in [0.2, 0.25) is 0 Å². The van der Waals surface area contributed by atoms with Crippen LogP contribution in [0.15, 0.2) is 0 Å². The Kier molecular flexibility index (Phi) is 16.7. The van der Waals surface area contributed by atoms with Crippen molar-refractivity contribution in [3.8, 4) is 107 Å². The molecule has 0 aliphatic heterocycles. The van der Waals surface area contributed by atoms with E-state index in [0.29, 0.717) is 25.9 Å². The molecule has 0 amide bonds. The molecule has 0 aromatic heterocycles. The minimum atomic E-state index is 0.0935. The van der Waals surface area contributed by atoms with Crippen molar-refractivity contribution in [1.82, 2.24) is 4.90 Å². The van der Waals surface area contributed by atoms with E-state index in [1.807, 2.05) is 0 Å². The van der Waals surface area contributed by atoms with Crippen LogP contribution in [0.1, 0.15) is 12.8 Å². The zero-order chi connectivity index (χ0) is 19.8. The molecule has 0 aliphatic rings. The summed E-state index contributed by atoms with van der Waals surface area (Å²) < 4.78 is 0. The zero-order valence-corrected chi connectivity index (χ0v) is 14.7. The summed E-state index contributed by atoms with van der Waals surface area (Å²) in [4.78, 5) is 1.80. The highest BCUT2D eigenvalue weighted by Crippen LogP contribution is 1.91. The van der Waals surface area contributed by atoms with Crippen molar-refractivity contribution in [3.63, 3.8) is 0 Å². The predicted molar refractivity (Wildman–Crippen MR) is 106 cm³/mol. The summed E-state index contributed by atoms with van der Waals surface area (Å²) in [5, 5.41) is 17.7. The first-order chi connectivity index (χ1) is 13.3. The van der Waals surface area contributed by atoms with Gasteiger partial charge in [0.2, 0.25) is 0 Å². The number of nitrogens with zero attached hydrogens (tertiary/aromatic N) is 1. The second kappa shape index (κ2) is 19.8. The Morgan fingerprint density at radius 2 is 0.852 bits per heavy atom. The van der Waals surface area contributed by atoms with Crippen molar-refractivity contribution < 1.29 is 10.2 Å². The van der Waals surface area contributed by atoms with Gasteiger partial charge in [-0.3, -0.25) is 0 Å². The molecule has 0 unspecified atom stereocenters. The lowest BCUT2D eigenvalue weighted by molar-refractivity contribution is 0.242. The molecule has 0 heterocycles. The molecule has 0 rings (SSSR count). The van der Waals surface area contributed by atoms with Crippen LogP contribution in [0.25, 0.3) is 0 Å². The molecule has 0 saturated carbocycles. The summed E-state index contributed by atoms with van der Waals surface area (Å²) in [5.41, 5.74) is 0. The largest absolute Gasteiger partial charge is 0.396 e. The van der Waals surface area contributed by atoms with E-state index in [-0.39, 0.29) is 13.2 Å². The Bertz CT molecular complexity index is 1010. The highest BCUT2D eigenvalue weighted by molar-refractivity contribution is 5.46. The lowest BCUT2D eigenvalue weighted by Crippen LogP contribution is -2.22. The molecule has 2 N–H and O–H groups in total. The van der Waals surface area contributed by atoms with E-state index in [1.54, 1.807) is 4.90 Å². The van der Waals surface area contributed by atoms with Crippen molar-refractivity contribution >= 4 is 0 Å². The fourth-order valence-electron chi connectivity index (χ4n) is 1.30. The number of terminal acetylenes is 1. The number of hydrogen-bond acceptors (Lipinski definition) is 3. The van der Waals surface area contributed by atoms with Crippen LogP contribution in [0.4, 0.5) is 0 Å². The van der Waals surface area contributed by atoms with Crippen LogP contribution >= 0.6 is 0 Å². The van der Waals surface area contributed by atoms with Crippen molar-refractivity contribution in [1.29, 1.82) is 0 Å². The van der Waals surface area contributed by atoms with Gasteiger partial charge < -0.3 is 15.1 Å². The highest BCUT2D eigenvalue weighted by atomic mass is 16.3. The molecule has 0 aromatic carbocycles. The fourth-order valence-corrected chi connectivity index (χ4v) is 1.30. The molecule has 0 saturated heterocycles. The van der Waals surface area contributed by atoms with E-state index in [4.69, 9.17) is 16.6 Å². The fraction of sp³-hybridized carbons (Fsp3) is 0.250. The molecule has 0 bridgehead atoms. The SMILES string of the molecule is C#CC#CC#CC#CC#CC#CC#CC#CC#CN(CCCO)CCCO. The molecule has 0 radical (unpaired) electrons. The first kappa shape index (κ1) is 22.8. The van der Waals surface area contributed by atoms with Crippen LogP contribution in [0, 0.1) is 107 Å². The minimum Gasteiger partial charge on any atom is -0.396 e. The van der Waals surface area contributed by atoms with Gasteiger partial charge in [-0.05, 0) is 60.2 Å². The number of aliphatic hydroxyl groups excluding tert-OH is 2. The van der Waals surface area contributed by atoms with Gasteiger partial charge in [0.25, 0.3) is 0 Å². The van der Waals surface area contributed by atoms with E-state index < -0.39 is 0 Å². The Morgan fingerprint density at radius 3 is 1.19 bits per heavy atom. The molecule has 0 aliphatic carbocycles. The van der Waals surface area contributed by atoms with Gasteiger partial charge in [0, 0.05) is 79.7 Å². The zero-order valence-electron chi connectivity index (χ0n) is 14.7. The second-order valence-electron chi connectivity index (χ2n) is 4.27. The first-order valence-electron chi connectivity index (χ1n) is 7.78. The Balaban J connectivity index is 4.49. The van der Waals surface area contributed by atoms with Gasteiger partial charge in [0.15, 0.2) is 0 Å². The Morgan fingerprint density at radius 1 is 0.519 bits per heavy atom. The second-order valence-corrected chi connectivity index (χ2v) is 4.27. The van der Waals surface area contributed by atoms with Gasteiger partial charge in [-0.25, -0.2) is 0 Å². The van der Waals surface area contributed by atoms with Crippen LogP contribution in [-0.4, -0.2) is 41.4 Å². The van der Waals surface area contributed by atoms with E-state index in [0.717, 1.165) is 0 Å². The summed E-state index contributed by atoms with van der Waals surface area (Å²) >= 11 is 0. The molecule has 0 spiro atoms. The average Bonchev–Trinajstić information content (AvgIpc) is 2.69. The average molecular weight is 349 g/mol. The number of rotatable bonds is 6. The lowest BCUT2D eigenvalue weighted by atomic mass is 10.3. The van der Waals surface area contributed by atoms with E-state index in [1.165, 1.54) is 0 Å². The summed E-state index contributed by atoms with van der Waals surface area (Å²) in [6, 6.07) is 2.85. The maximum atomic E-state index is 8.84. The normalized spacial score (nSPS) is 6.11. The molecule has 3 heteroatoms. The lowest BCUT2D eigenvalue weighted by Gasteiger charge is -2.15. The van der Waals surface area contributed by atoms with Gasteiger partial charge in [-0.15, -0.1) is 6.42 Å². The molecule has 0 aromatic rings. The van der Waals surface area contributed by atoms with Crippen molar-refractivity contribution in [2.24, 2.45) is 0 Å². The van der Waals surface area contributed by atoms with Crippen LogP contribution in [0.5, 0.6) is 0 Å². The highest BCUT2D eigenvalue weighted by Gasteiger charge is 1.97. The van der Waals surface area contributed by atoms with E-state index >= 15 is 0 Å². The van der Waals surface area contributed by atoms with Crippen molar-refractivity contribution in [2.45, 2.75) is 12.8 Å². The standard InChI is InChI=1S/C24H15NO2/c1-2-3-4-5-6-7-8-9-10-11-12-13-14-15-16-17-20-25(21-18-23-26)22-19-24-27/h1,26-27H,18-19,21-24H2. The van der Waals surface area contributed by atoms with Crippen molar-refractivity contribution in [2.75, 3.05) is 26.3 Å². The van der Waals surface area contributed by atoms with E-state index in [2.05, 4.69) is 101 Å². The van der Waals surface area contributed by atoms with Gasteiger partial charge >= 0.3 is 0 Å². The summed E-state index contributed by atoms with van der Waals surface area (Å²) in [6.07, 6.45) is 6.14. The Hall–Kier alpha value is -4.24. The van der Waals surface area contributed by atoms with Gasteiger partial charge in [0.1, 0.15) is 0 Å². The van der Waals surface area contributed by atoms with Crippen LogP contribution in [0.3, 0.4) is 0 Å². The maximum Gasteiger partial charge on any atom is 0.0448 e. The molecule has 3 nitrogen and oxygen atoms in total. The monoisotopic (exact) mass is 349 g/mol. The molecular weight excluding hydrogens is 334 g/mol. The molecule has 0 fully saturated rings. The molecule has 0 atom stereocenters. The molecular formula is C24H15NO2. The summed E-state index contributed by atoms with van der Waals surface area (Å²) in [7, 11) is 0. The van der Waals surface area contributed by atoms with E-state index in [9.17, 15) is 0 Å². The topological polar surface area (TPSA) is 43.7 Å². The van der Waals surface area contributed by atoms with Gasteiger partial charge in [-0.2, -0.15) is 0 Å². The van der Waals surface area contributed by atoms with Gasteiger partial charge in [0.05, 0.1) is 0 Å². The quantitative estimate of drug-likeness (QED) is 0.510. The third-order valence-corrected chi connectivity index (χ3v) is 2.33. The third kappa shape index (κ3) is 17.9. The van der Waals surface area contributed by atoms with Crippen LogP contribution < -0.4 is 0 Å².